The molecule has 1 saturated heterocycles. The van der Waals surface area contributed by atoms with Crippen LogP contribution in [-0.4, -0.2) is 38.9 Å². The van der Waals surface area contributed by atoms with Crippen LogP contribution in [0.15, 0.2) is 53.4 Å². The van der Waals surface area contributed by atoms with Gasteiger partial charge in [0.25, 0.3) is 10.0 Å². The van der Waals surface area contributed by atoms with E-state index in [1.54, 1.807) is 17.0 Å². The van der Waals surface area contributed by atoms with Crippen LogP contribution in [-0.2, 0) is 14.8 Å². The summed E-state index contributed by atoms with van der Waals surface area (Å²) in [5.74, 6) is 0.419. The molecule has 1 aliphatic heterocycles. The number of para-hydroxylation sites is 1. The predicted molar refractivity (Wildman–Crippen MR) is 112 cm³/mol. The molecule has 0 unspecified atom stereocenters. The fourth-order valence-electron chi connectivity index (χ4n) is 3.36. The molecule has 5 nitrogen and oxygen atoms in total. The van der Waals surface area contributed by atoms with Crippen LogP contribution in [0.1, 0.15) is 25.3 Å². The van der Waals surface area contributed by atoms with E-state index >= 15 is 0 Å². The van der Waals surface area contributed by atoms with E-state index < -0.39 is 10.0 Å². The Labute approximate surface area is 172 Å². The normalized spacial score (nSPS) is 15.5. The van der Waals surface area contributed by atoms with Gasteiger partial charge in [-0.3, -0.25) is 9.10 Å². The number of carbonyl (C=O) groups excluding carboxylic acids is 1. The van der Waals surface area contributed by atoms with Gasteiger partial charge in [0.05, 0.1) is 10.6 Å². The van der Waals surface area contributed by atoms with E-state index in [1.165, 1.54) is 28.6 Å². The largest absolute Gasteiger partial charge is 0.341 e. The lowest BCUT2D eigenvalue weighted by molar-refractivity contribution is -0.130. The summed E-state index contributed by atoms with van der Waals surface area (Å²) in [5.41, 5.74) is 1.30. The molecule has 0 bridgehead atoms. The van der Waals surface area contributed by atoms with Gasteiger partial charge in [-0.05, 0) is 61.6 Å². The van der Waals surface area contributed by atoms with Gasteiger partial charge in [-0.2, -0.15) is 0 Å². The molecule has 0 saturated carbocycles. The molecule has 28 heavy (non-hydrogen) atoms. The zero-order valence-electron chi connectivity index (χ0n) is 16.1. The van der Waals surface area contributed by atoms with Crippen LogP contribution in [0.25, 0.3) is 0 Å². The van der Waals surface area contributed by atoms with Crippen LogP contribution in [0.2, 0.25) is 5.02 Å². The Morgan fingerprint density at radius 1 is 1.11 bits per heavy atom. The van der Waals surface area contributed by atoms with Gasteiger partial charge >= 0.3 is 0 Å². The molecule has 0 atom stereocenters. The highest BCUT2D eigenvalue weighted by atomic mass is 35.5. The number of hydrogen-bond donors (Lipinski definition) is 0. The fraction of sp³-hybridized carbons (Fsp3) is 0.381. The van der Waals surface area contributed by atoms with Crippen molar-refractivity contribution in [2.45, 2.75) is 31.6 Å². The summed E-state index contributed by atoms with van der Waals surface area (Å²) >= 11 is 5.91. The van der Waals surface area contributed by atoms with E-state index in [2.05, 4.69) is 6.92 Å². The number of anilines is 1. The topological polar surface area (TPSA) is 57.7 Å². The van der Waals surface area contributed by atoms with E-state index in [1.807, 2.05) is 19.1 Å². The summed E-state index contributed by atoms with van der Waals surface area (Å²) in [7, 11) is -3.91. The quantitative estimate of drug-likeness (QED) is 0.731. The number of nitrogens with zero attached hydrogens (tertiary/aromatic N) is 2. The van der Waals surface area contributed by atoms with Crippen LogP contribution in [0, 0.1) is 12.8 Å². The van der Waals surface area contributed by atoms with E-state index in [0.29, 0.717) is 29.7 Å². The minimum absolute atomic E-state index is 0.111. The Morgan fingerprint density at radius 2 is 1.71 bits per heavy atom. The number of hydrogen-bond acceptors (Lipinski definition) is 3. The van der Waals surface area contributed by atoms with Gasteiger partial charge in [0.2, 0.25) is 5.91 Å². The van der Waals surface area contributed by atoms with Crippen molar-refractivity contribution in [1.29, 1.82) is 0 Å². The molecule has 1 amide bonds. The van der Waals surface area contributed by atoms with E-state index in [9.17, 15) is 13.2 Å². The third-order valence-electron chi connectivity index (χ3n) is 5.20. The average Bonchev–Trinajstić information content (AvgIpc) is 2.67. The summed E-state index contributed by atoms with van der Waals surface area (Å²) < 4.78 is 28.0. The van der Waals surface area contributed by atoms with Crippen LogP contribution in [0.3, 0.4) is 0 Å². The lowest BCUT2D eigenvalue weighted by Crippen LogP contribution is -2.45. The molecular formula is C21H25ClN2O3S. The van der Waals surface area contributed by atoms with Crippen molar-refractivity contribution < 1.29 is 13.2 Å². The van der Waals surface area contributed by atoms with Crippen molar-refractivity contribution in [2.24, 2.45) is 5.92 Å². The second-order valence-electron chi connectivity index (χ2n) is 7.32. The number of halogens is 1. The fourth-order valence-corrected chi connectivity index (χ4v) is 4.96. The molecule has 1 heterocycles. The minimum Gasteiger partial charge on any atom is -0.341 e. The molecule has 0 radical (unpaired) electrons. The molecule has 3 rings (SSSR count). The number of carbonyl (C=O) groups is 1. The summed E-state index contributed by atoms with van der Waals surface area (Å²) in [6.07, 6.45) is 1.89. The van der Waals surface area contributed by atoms with Crippen molar-refractivity contribution in [3.8, 4) is 0 Å². The Morgan fingerprint density at radius 3 is 2.32 bits per heavy atom. The van der Waals surface area contributed by atoms with Gasteiger partial charge in [-0.25, -0.2) is 8.42 Å². The molecule has 0 N–H and O–H groups in total. The lowest BCUT2D eigenvalue weighted by Gasteiger charge is -2.33. The van der Waals surface area contributed by atoms with Crippen LogP contribution in [0.4, 0.5) is 5.69 Å². The smallest absolute Gasteiger partial charge is 0.264 e. The van der Waals surface area contributed by atoms with Crippen LogP contribution in [0.5, 0.6) is 0 Å². The van der Waals surface area contributed by atoms with Crippen molar-refractivity contribution in [3.05, 3.63) is 59.1 Å². The lowest BCUT2D eigenvalue weighted by atomic mass is 9.99. The van der Waals surface area contributed by atoms with Gasteiger partial charge in [-0.15, -0.1) is 0 Å². The molecule has 0 aliphatic carbocycles. The monoisotopic (exact) mass is 420 g/mol. The van der Waals surface area contributed by atoms with Gasteiger partial charge in [0.1, 0.15) is 6.54 Å². The molecule has 2 aromatic carbocycles. The van der Waals surface area contributed by atoms with E-state index in [-0.39, 0.29) is 17.3 Å². The Kier molecular flexibility index (Phi) is 6.30. The van der Waals surface area contributed by atoms with Gasteiger partial charge in [0.15, 0.2) is 0 Å². The molecule has 1 aliphatic rings. The first-order chi connectivity index (χ1) is 13.3. The maximum atomic E-state index is 13.4. The highest BCUT2D eigenvalue weighted by molar-refractivity contribution is 7.92. The predicted octanol–water partition coefficient (Wildman–Crippen LogP) is 4.10. The number of rotatable bonds is 5. The van der Waals surface area contributed by atoms with Crippen molar-refractivity contribution in [3.63, 3.8) is 0 Å². The Balaban J connectivity index is 1.95. The minimum atomic E-state index is -3.91. The third kappa shape index (κ3) is 4.50. The maximum absolute atomic E-state index is 13.4. The molecular weight excluding hydrogens is 396 g/mol. The molecule has 0 aromatic heterocycles. The summed E-state index contributed by atoms with van der Waals surface area (Å²) in [5, 5.41) is 0.458. The molecule has 7 heteroatoms. The zero-order chi connectivity index (χ0) is 20.3. The number of likely N-dealkylation sites (tertiary alicyclic amines) is 1. The first kappa shape index (κ1) is 20.7. The highest BCUT2D eigenvalue weighted by Gasteiger charge is 2.30. The molecule has 2 aromatic rings. The van der Waals surface area contributed by atoms with Gasteiger partial charge < -0.3 is 4.90 Å². The first-order valence-corrected chi connectivity index (χ1v) is 11.2. The van der Waals surface area contributed by atoms with Crippen molar-refractivity contribution in [2.75, 3.05) is 23.9 Å². The maximum Gasteiger partial charge on any atom is 0.264 e. The number of sulfonamides is 1. The number of piperidine rings is 1. The summed E-state index contributed by atoms with van der Waals surface area (Å²) in [6.45, 7) is 5.13. The second-order valence-corrected chi connectivity index (χ2v) is 9.61. The highest BCUT2D eigenvalue weighted by Crippen LogP contribution is 2.28. The number of aryl methyl sites for hydroxylation is 1. The zero-order valence-corrected chi connectivity index (χ0v) is 17.7. The third-order valence-corrected chi connectivity index (χ3v) is 7.23. The standard InChI is InChI=1S/C21H25ClN2O3S/c1-16-11-13-23(14-12-16)21(25)15-24(20-6-4-3-5-17(20)2)28(26,27)19-9-7-18(22)8-10-19/h3-10,16H,11-15H2,1-2H3. The molecule has 1 fully saturated rings. The number of benzene rings is 2. The second kappa shape index (κ2) is 8.53. The Bertz CT molecular complexity index is 936. The summed E-state index contributed by atoms with van der Waals surface area (Å²) in [4.78, 5) is 14.8. The molecule has 0 spiro atoms. The first-order valence-electron chi connectivity index (χ1n) is 9.41. The van der Waals surface area contributed by atoms with Crippen LogP contribution < -0.4 is 4.31 Å². The SMILES string of the molecule is Cc1ccccc1N(CC(=O)N1CCC(C)CC1)S(=O)(=O)c1ccc(Cl)cc1. The van der Waals surface area contributed by atoms with Crippen molar-refractivity contribution >= 4 is 33.2 Å². The van der Waals surface area contributed by atoms with Gasteiger partial charge in [-0.1, -0.05) is 36.7 Å². The summed E-state index contributed by atoms with van der Waals surface area (Å²) in [6, 6.07) is 13.2. The Hall–Kier alpha value is -2.05. The van der Waals surface area contributed by atoms with Gasteiger partial charge in [0, 0.05) is 18.1 Å². The van der Waals surface area contributed by atoms with E-state index in [4.69, 9.17) is 11.6 Å². The number of amides is 1. The molecule has 150 valence electrons. The average molecular weight is 421 g/mol. The van der Waals surface area contributed by atoms with Crippen LogP contribution >= 0.6 is 11.6 Å². The van der Waals surface area contributed by atoms with E-state index in [0.717, 1.165) is 18.4 Å². The van der Waals surface area contributed by atoms with Crippen molar-refractivity contribution in [1.82, 2.24) is 4.90 Å².